The normalized spacial score (nSPS) is 10.8. The largest absolute Gasteiger partial charge is 0.492 e. The molecule has 3 aromatic rings. The van der Waals surface area contributed by atoms with Crippen molar-refractivity contribution in [1.82, 2.24) is 30.0 Å². The molecule has 0 atom stereocenters. The van der Waals surface area contributed by atoms with Gasteiger partial charge >= 0.3 is 0 Å². The number of aromatic nitrogens is 6. The zero-order chi connectivity index (χ0) is 14.8. The first-order valence-electron chi connectivity index (χ1n) is 6.50. The van der Waals surface area contributed by atoms with Gasteiger partial charge in [0.1, 0.15) is 5.75 Å². The van der Waals surface area contributed by atoms with Gasteiger partial charge in [-0.05, 0) is 35.5 Å². The van der Waals surface area contributed by atoms with Crippen LogP contribution in [0.1, 0.15) is 6.92 Å². The molecule has 0 saturated heterocycles. The van der Waals surface area contributed by atoms with Crippen LogP contribution in [0.5, 0.6) is 5.75 Å². The molecule has 2 N–H and O–H groups in total. The summed E-state index contributed by atoms with van der Waals surface area (Å²) in [7, 11) is 1.84. The van der Waals surface area contributed by atoms with Gasteiger partial charge in [0.2, 0.25) is 0 Å². The minimum atomic E-state index is 0.546. The van der Waals surface area contributed by atoms with Crippen molar-refractivity contribution in [1.29, 1.82) is 0 Å². The number of aryl methyl sites for hydroxylation is 1. The van der Waals surface area contributed by atoms with Crippen LogP contribution in [0.15, 0.2) is 30.5 Å². The number of nitrogens with two attached hydrogens (primary N) is 1. The van der Waals surface area contributed by atoms with Crippen molar-refractivity contribution in [3.05, 3.63) is 30.5 Å². The summed E-state index contributed by atoms with van der Waals surface area (Å²) in [6.45, 7) is 2.48. The maximum Gasteiger partial charge on any atom is 0.189 e. The quantitative estimate of drug-likeness (QED) is 0.719. The molecule has 0 bridgehead atoms. The SMILES string of the molecule is CCOc1ccc(-c2nnnn2-c2ccn(C)n2)cc1N. The number of nitrogen functional groups attached to an aromatic ring is 1. The molecule has 2 aromatic heterocycles. The molecule has 0 unspecified atom stereocenters. The summed E-state index contributed by atoms with van der Waals surface area (Å²) in [5, 5.41) is 16.0. The Kier molecular flexibility index (Phi) is 3.27. The predicted molar refractivity (Wildman–Crippen MR) is 76.9 cm³/mol. The average Bonchev–Trinajstić information content (AvgIpc) is 3.09. The molecule has 0 aliphatic heterocycles. The summed E-state index contributed by atoms with van der Waals surface area (Å²) in [6, 6.07) is 7.30. The first-order valence-corrected chi connectivity index (χ1v) is 6.50. The number of ether oxygens (including phenoxy) is 1. The standard InChI is InChI=1S/C13H15N7O/c1-3-21-11-5-4-9(8-10(11)14)13-15-17-18-20(13)12-6-7-19(2)16-12/h4-8H,3,14H2,1-2H3. The van der Waals surface area contributed by atoms with Crippen molar-refractivity contribution in [2.24, 2.45) is 7.05 Å². The maximum absolute atomic E-state index is 5.98. The molecule has 0 amide bonds. The molecule has 3 rings (SSSR count). The second-order valence-corrected chi connectivity index (χ2v) is 4.45. The van der Waals surface area contributed by atoms with Gasteiger partial charge in [-0.3, -0.25) is 4.68 Å². The highest BCUT2D eigenvalue weighted by Gasteiger charge is 2.14. The number of hydrogen-bond acceptors (Lipinski definition) is 6. The van der Waals surface area contributed by atoms with E-state index in [1.807, 2.05) is 38.4 Å². The number of hydrogen-bond donors (Lipinski definition) is 1. The van der Waals surface area contributed by atoms with Gasteiger partial charge in [-0.25, -0.2) is 0 Å². The molecule has 1 aromatic carbocycles. The Labute approximate surface area is 121 Å². The second-order valence-electron chi connectivity index (χ2n) is 4.45. The highest BCUT2D eigenvalue weighted by Crippen LogP contribution is 2.27. The van der Waals surface area contributed by atoms with Crippen LogP contribution in [0.2, 0.25) is 0 Å². The van der Waals surface area contributed by atoms with Gasteiger partial charge in [0.05, 0.1) is 12.3 Å². The van der Waals surface area contributed by atoms with Gasteiger partial charge in [-0.2, -0.15) is 9.78 Å². The van der Waals surface area contributed by atoms with Crippen molar-refractivity contribution in [2.45, 2.75) is 6.92 Å². The lowest BCUT2D eigenvalue weighted by Gasteiger charge is -2.08. The molecule has 0 aliphatic carbocycles. The molecule has 108 valence electrons. The van der Waals surface area contributed by atoms with E-state index in [4.69, 9.17) is 10.5 Å². The lowest BCUT2D eigenvalue weighted by molar-refractivity contribution is 0.342. The molecule has 0 fully saturated rings. The lowest BCUT2D eigenvalue weighted by atomic mass is 10.2. The summed E-state index contributed by atoms with van der Waals surface area (Å²) in [5.74, 6) is 1.87. The van der Waals surface area contributed by atoms with Gasteiger partial charge in [-0.1, -0.05) is 0 Å². The fraction of sp³-hybridized carbons (Fsp3) is 0.231. The molecule has 2 heterocycles. The Balaban J connectivity index is 2.02. The van der Waals surface area contributed by atoms with Crippen LogP contribution >= 0.6 is 0 Å². The lowest BCUT2D eigenvalue weighted by Crippen LogP contribution is -2.03. The average molecular weight is 285 g/mol. The molecular weight excluding hydrogens is 270 g/mol. The Morgan fingerprint density at radius 1 is 1.29 bits per heavy atom. The third-order valence-electron chi connectivity index (χ3n) is 2.95. The smallest absolute Gasteiger partial charge is 0.189 e. The number of rotatable bonds is 4. The number of anilines is 1. The van der Waals surface area contributed by atoms with Crippen molar-refractivity contribution < 1.29 is 4.74 Å². The minimum Gasteiger partial charge on any atom is -0.492 e. The Morgan fingerprint density at radius 2 is 2.14 bits per heavy atom. The molecule has 0 radical (unpaired) electrons. The van der Waals surface area contributed by atoms with Gasteiger partial charge in [0.15, 0.2) is 11.6 Å². The molecule has 0 spiro atoms. The molecule has 0 aliphatic rings. The summed E-state index contributed by atoms with van der Waals surface area (Å²) in [6.07, 6.45) is 1.83. The van der Waals surface area contributed by atoms with Crippen molar-refractivity contribution >= 4 is 5.69 Å². The van der Waals surface area contributed by atoms with Crippen LogP contribution in [-0.2, 0) is 7.05 Å². The van der Waals surface area contributed by atoms with Crippen LogP contribution in [0.3, 0.4) is 0 Å². The molecule has 21 heavy (non-hydrogen) atoms. The summed E-state index contributed by atoms with van der Waals surface area (Å²) >= 11 is 0. The van der Waals surface area contributed by atoms with E-state index >= 15 is 0 Å². The van der Waals surface area contributed by atoms with E-state index in [0.29, 0.717) is 29.7 Å². The van der Waals surface area contributed by atoms with Crippen LogP contribution in [0, 0.1) is 0 Å². The van der Waals surface area contributed by atoms with Crippen LogP contribution in [-0.4, -0.2) is 36.6 Å². The van der Waals surface area contributed by atoms with E-state index in [9.17, 15) is 0 Å². The zero-order valence-corrected chi connectivity index (χ0v) is 11.8. The van der Waals surface area contributed by atoms with Crippen molar-refractivity contribution in [3.8, 4) is 23.0 Å². The van der Waals surface area contributed by atoms with E-state index in [1.54, 1.807) is 15.4 Å². The van der Waals surface area contributed by atoms with Gasteiger partial charge in [-0.15, -0.1) is 5.10 Å². The van der Waals surface area contributed by atoms with E-state index in [-0.39, 0.29) is 0 Å². The second kappa shape index (κ2) is 5.23. The fourth-order valence-corrected chi connectivity index (χ4v) is 2.01. The first kappa shape index (κ1) is 13.1. The highest BCUT2D eigenvalue weighted by molar-refractivity contribution is 5.66. The summed E-state index contributed by atoms with van der Waals surface area (Å²) in [5.41, 5.74) is 7.33. The van der Waals surface area contributed by atoms with E-state index in [2.05, 4.69) is 20.6 Å². The molecule has 0 saturated carbocycles. The Hall–Kier alpha value is -2.90. The van der Waals surface area contributed by atoms with Crippen LogP contribution in [0.25, 0.3) is 17.2 Å². The van der Waals surface area contributed by atoms with Gasteiger partial charge in [0, 0.05) is 24.9 Å². The molecular formula is C13H15N7O. The highest BCUT2D eigenvalue weighted by atomic mass is 16.5. The zero-order valence-electron chi connectivity index (χ0n) is 11.8. The van der Waals surface area contributed by atoms with Crippen LogP contribution < -0.4 is 10.5 Å². The minimum absolute atomic E-state index is 0.546. The van der Waals surface area contributed by atoms with E-state index < -0.39 is 0 Å². The summed E-state index contributed by atoms with van der Waals surface area (Å²) in [4.78, 5) is 0. The Bertz CT molecular complexity index is 761. The van der Waals surface area contributed by atoms with Crippen LogP contribution in [0.4, 0.5) is 5.69 Å². The topological polar surface area (TPSA) is 96.7 Å². The third kappa shape index (κ3) is 2.42. The number of nitrogens with zero attached hydrogens (tertiary/aromatic N) is 6. The van der Waals surface area contributed by atoms with Gasteiger partial charge < -0.3 is 10.5 Å². The van der Waals surface area contributed by atoms with Crippen molar-refractivity contribution in [2.75, 3.05) is 12.3 Å². The first-order chi connectivity index (χ1) is 10.2. The maximum atomic E-state index is 5.98. The fourth-order valence-electron chi connectivity index (χ4n) is 2.01. The summed E-state index contributed by atoms with van der Waals surface area (Å²) < 4.78 is 8.68. The molecule has 8 heteroatoms. The van der Waals surface area contributed by atoms with Crippen molar-refractivity contribution in [3.63, 3.8) is 0 Å². The van der Waals surface area contributed by atoms with E-state index in [0.717, 1.165) is 5.56 Å². The predicted octanol–water partition coefficient (Wildman–Crippen LogP) is 1.04. The number of benzene rings is 1. The monoisotopic (exact) mass is 285 g/mol. The van der Waals surface area contributed by atoms with Gasteiger partial charge in [0.25, 0.3) is 0 Å². The third-order valence-corrected chi connectivity index (χ3v) is 2.95. The van der Waals surface area contributed by atoms with E-state index in [1.165, 1.54) is 0 Å². The number of tetrazole rings is 1. The molecule has 8 nitrogen and oxygen atoms in total. The Morgan fingerprint density at radius 3 is 2.81 bits per heavy atom.